The molecule has 0 bridgehead atoms. The van der Waals surface area contributed by atoms with Crippen molar-refractivity contribution in [3.8, 4) is 0 Å². The molecule has 0 aliphatic carbocycles. The summed E-state index contributed by atoms with van der Waals surface area (Å²) in [6.07, 6.45) is 0. The minimum Gasteiger partial charge on any atom is -0.378 e. The molecule has 4 aromatic rings. The molecule has 5 rings (SSSR count). The lowest BCUT2D eigenvalue weighted by Gasteiger charge is -2.34. The van der Waals surface area contributed by atoms with Gasteiger partial charge in [-0.15, -0.1) is 5.10 Å². The van der Waals surface area contributed by atoms with Crippen LogP contribution >= 0.6 is 0 Å². The van der Waals surface area contributed by atoms with E-state index in [0.717, 1.165) is 18.8 Å². The molecule has 2 amide bonds. The SMILES string of the molecule is CC(C)(C)NC(=O)[C@H](c1ccc(N2CCOCC2)cc1)N(C(=O)Cn1nnc2ccccc21)c1ccccc1F. The first kappa shape index (κ1) is 27.3. The number of para-hydroxylation sites is 2. The summed E-state index contributed by atoms with van der Waals surface area (Å²) in [5.41, 5.74) is 2.25. The average Bonchev–Trinajstić information content (AvgIpc) is 3.34. The molecule has 0 radical (unpaired) electrons. The molecule has 2 heterocycles. The molecule has 1 saturated heterocycles. The second-order valence-electron chi connectivity index (χ2n) is 10.8. The molecule has 1 atom stereocenters. The van der Waals surface area contributed by atoms with Crippen LogP contribution in [0.2, 0.25) is 0 Å². The highest BCUT2D eigenvalue weighted by atomic mass is 19.1. The van der Waals surface area contributed by atoms with Crippen molar-refractivity contribution in [1.82, 2.24) is 20.3 Å². The van der Waals surface area contributed by atoms with E-state index in [4.69, 9.17) is 4.74 Å². The minimum atomic E-state index is -1.14. The van der Waals surface area contributed by atoms with E-state index in [2.05, 4.69) is 20.5 Å². The fraction of sp³-hybridized carbons (Fsp3) is 0.333. The molecule has 0 unspecified atom stereocenters. The minimum absolute atomic E-state index is 0.00300. The first-order chi connectivity index (χ1) is 19.2. The lowest BCUT2D eigenvalue weighted by atomic mass is 10.00. The Hall–Kier alpha value is -4.31. The third kappa shape index (κ3) is 5.96. The van der Waals surface area contributed by atoms with Crippen LogP contribution in [0.25, 0.3) is 11.0 Å². The standard InChI is InChI=1S/C30H33FN6O3/c1-30(2,3)32-29(39)28(21-12-14-22(15-13-21)35-16-18-40-19-17-35)37(25-10-6-4-8-23(25)31)27(38)20-36-26-11-7-5-9-24(26)33-34-36/h4-15,28H,16-20H2,1-3H3,(H,32,39)/t28-/m0/s1. The van der Waals surface area contributed by atoms with E-state index >= 15 is 4.39 Å². The number of carbonyl (C=O) groups is 2. The second-order valence-corrected chi connectivity index (χ2v) is 10.8. The summed E-state index contributed by atoms with van der Waals surface area (Å²) >= 11 is 0. The van der Waals surface area contributed by atoms with Crippen molar-refractivity contribution in [1.29, 1.82) is 0 Å². The van der Waals surface area contributed by atoms with Crippen LogP contribution in [0.15, 0.2) is 72.8 Å². The van der Waals surface area contributed by atoms with Gasteiger partial charge in [0.25, 0.3) is 0 Å². The highest BCUT2D eigenvalue weighted by Crippen LogP contribution is 2.32. The van der Waals surface area contributed by atoms with Gasteiger partial charge < -0.3 is 15.0 Å². The van der Waals surface area contributed by atoms with Crippen LogP contribution in [0.4, 0.5) is 15.8 Å². The van der Waals surface area contributed by atoms with Crippen LogP contribution in [0, 0.1) is 5.82 Å². The van der Waals surface area contributed by atoms with Crippen LogP contribution in [0.3, 0.4) is 0 Å². The van der Waals surface area contributed by atoms with Crippen LogP contribution in [-0.2, 0) is 20.9 Å². The number of hydrogen-bond acceptors (Lipinski definition) is 6. The molecular formula is C30H33FN6O3. The van der Waals surface area contributed by atoms with Crippen LogP contribution in [0.5, 0.6) is 0 Å². The molecule has 208 valence electrons. The summed E-state index contributed by atoms with van der Waals surface area (Å²) in [7, 11) is 0. The summed E-state index contributed by atoms with van der Waals surface area (Å²) in [6.45, 7) is 8.16. The van der Waals surface area contributed by atoms with Crippen molar-refractivity contribution in [2.45, 2.75) is 38.9 Å². The molecule has 10 heteroatoms. The van der Waals surface area contributed by atoms with Gasteiger partial charge in [0.2, 0.25) is 11.8 Å². The van der Waals surface area contributed by atoms with Gasteiger partial charge in [-0.3, -0.25) is 14.5 Å². The van der Waals surface area contributed by atoms with Crippen molar-refractivity contribution in [3.63, 3.8) is 0 Å². The third-order valence-corrected chi connectivity index (χ3v) is 6.68. The molecule has 1 fully saturated rings. The van der Waals surface area contributed by atoms with Crippen LogP contribution in [-0.4, -0.2) is 58.7 Å². The first-order valence-corrected chi connectivity index (χ1v) is 13.3. The molecule has 0 spiro atoms. The second kappa shape index (κ2) is 11.4. The fourth-order valence-corrected chi connectivity index (χ4v) is 4.85. The van der Waals surface area contributed by atoms with Crippen molar-refractivity contribution in [2.24, 2.45) is 0 Å². The summed E-state index contributed by atoms with van der Waals surface area (Å²) < 4.78 is 22.3. The smallest absolute Gasteiger partial charge is 0.249 e. The average molecular weight is 545 g/mol. The number of halogens is 1. The van der Waals surface area contributed by atoms with E-state index in [-0.39, 0.29) is 12.2 Å². The molecule has 1 aromatic heterocycles. The van der Waals surface area contributed by atoms with Gasteiger partial charge in [0.05, 0.1) is 24.4 Å². The fourth-order valence-electron chi connectivity index (χ4n) is 4.85. The zero-order valence-electron chi connectivity index (χ0n) is 22.9. The topological polar surface area (TPSA) is 92.6 Å². The number of hydrogen-bond donors (Lipinski definition) is 1. The summed E-state index contributed by atoms with van der Waals surface area (Å²) in [6, 6.07) is 19.6. The van der Waals surface area contributed by atoms with Crippen LogP contribution < -0.4 is 15.1 Å². The van der Waals surface area contributed by atoms with Crippen LogP contribution in [0.1, 0.15) is 32.4 Å². The maximum Gasteiger partial charge on any atom is 0.249 e. The quantitative estimate of drug-likeness (QED) is 0.377. The normalized spacial score (nSPS) is 14.7. The zero-order chi connectivity index (χ0) is 28.3. The Balaban J connectivity index is 1.57. The number of rotatable bonds is 7. The van der Waals surface area contributed by atoms with E-state index in [1.807, 2.05) is 63.2 Å². The van der Waals surface area contributed by atoms with E-state index in [9.17, 15) is 9.59 Å². The lowest BCUT2D eigenvalue weighted by Crippen LogP contribution is -2.50. The number of fused-ring (bicyclic) bond motifs is 1. The van der Waals surface area contributed by atoms with E-state index in [1.54, 1.807) is 18.2 Å². The van der Waals surface area contributed by atoms with Gasteiger partial charge >= 0.3 is 0 Å². The number of amides is 2. The number of ether oxygens (including phenoxy) is 1. The van der Waals surface area contributed by atoms with Crippen molar-refractivity contribution in [3.05, 3.63) is 84.2 Å². The van der Waals surface area contributed by atoms with Crippen molar-refractivity contribution >= 4 is 34.2 Å². The third-order valence-electron chi connectivity index (χ3n) is 6.68. The Morgan fingerprint density at radius 1 is 1.00 bits per heavy atom. The summed E-state index contributed by atoms with van der Waals surface area (Å²) in [4.78, 5) is 31.4. The molecule has 0 saturated carbocycles. The lowest BCUT2D eigenvalue weighted by molar-refractivity contribution is -0.128. The Labute approximate surface area is 232 Å². The number of carbonyl (C=O) groups excluding carboxylic acids is 2. The zero-order valence-corrected chi connectivity index (χ0v) is 22.9. The van der Waals surface area contributed by atoms with Gasteiger partial charge in [-0.05, 0) is 62.7 Å². The Morgan fingerprint density at radius 3 is 2.38 bits per heavy atom. The van der Waals surface area contributed by atoms with Crippen molar-refractivity contribution < 1.29 is 18.7 Å². The number of nitrogens with one attached hydrogen (secondary N) is 1. The Morgan fingerprint density at radius 2 is 1.68 bits per heavy atom. The monoisotopic (exact) mass is 544 g/mol. The largest absolute Gasteiger partial charge is 0.378 e. The highest BCUT2D eigenvalue weighted by molar-refractivity contribution is 6.01. The molecule has 40 heavy (non-hydrogen) atoms. The molecular weight excluding hydrogens is 511 g/mol. The Bertz CT molecular complexity index is 1490. The number of anilines is 2. The number of benzene rings is 3. The van der Waals surface area contributed by atoms with Gasteiger partial charge in [-0.25, -0.2) is 9.07 Å². The van der Waals surface area contributed by atoms with Gasteiger partial charge in [0, 0.05) is 24.3 Å². The molecule has 1 aliphatic heterocycles. The first-order valence-electron chi connectivity index (χ1n) is 13.3. The molecule has 9 nitrogen and oxygen atoms in total. The van der Waals surface area contributed by atoms with Gasteiger partial charge in [0.1, 0.15) is 23.9 Å². The number of aromatic nitrogens is 3. The van der Waals surface area contributed by atoms with E-state index in [1.165, 1.54) is 21.7 Å². The predicted octanol–water partition coefficient (Wildman–Crippen LogP) is 4.10. The van der Waals surface area contributed by atoms with Crippen molar-refractivity contribution in [2.75, 3.05) is 36.1 Å². The summed E-state index contributed by atoms with van der Waals surface area (Å²) in [5.74, 6) is -1.54. The maximum atomic E-state index is 15.3. The predicted molar refractivity (Wildman–Crippen MR) is 152 cm³/mol. The van der Waals surface area contributed by atoms with Gasteiger partial charge in [-0.2, -0.15) is 0 Å². The summed E-state index contributed by atoms with van der Waals surface area (Å²) in [5, 5.41) is 11.3. The number of morpholine rings is 1. The molecule has 3 aromatic carbocycles. The number of nitrogens with zero attached hydrogens (tertiary/aromatic N) is 5. The van der Waals surface area contributed by atoms with E-state index in [0.29, 0.717) is 29.8 Å². The van der Waals surface area contributed by atoms with Gasteiger partial charge in [-0.1, -0.05) is 41.6 Å². The van der Waals surface area contributed by atoms with Gasteiger partial charge in [0.15, 0.2) is 0 Å². The highest BCUT2D eigenvalue weighted by Gasteiger charge is 2.36. The molecule has 1 aliphatic rings. The van der Waals surface area contributed by atoms with E-state index < -0.39 is 29.2 Å². The molecule has 1 N–H and O–H groups in total. The maximum absolute atomic E-state index is 15.3. The Kier molecular flexibility index (Phi) is 7.79.